The van der Waals surface area contributed by atoms with E-state index in [1.54, 1.807) is 6.07 Å². The number of hydrogen-bond acceptors (Lipinski definition) is 4. The molecule has 1 amide bonds. The minimum Gasteiger partial charge on any atom is -0.495 e. The van der Waals surface area contributed by atoms with Gasteiger partial charge in [0.05, 0.1) is 43.2 Å². The summed E-state index contributed by atoms with van der Waals surface area (Å²) in [6.45, 7) is 5.03. The average molecular weight is 493 g/mol. The maximum absolute atomic E-state index is 13.1. The van der Waals surface area contributed by atoms with Gasteiger partial charge in [0.2, 0.25) is 15.9 Å². The van der Waals surface area contributed by atoms with Crippen molar-refractivity contribution in [2.75, 3.05) is 46.4 Å². The second-order valence-electron chi connectivity index (χ2n) is 8.71. The quantitative estimate of drug-likeness (QED) is 0.666. The Bertz CT molecular complexity index is 1060. The van der Waals surface area contributed by atoms with Crippen LogP contribution in [0.4, 0.5) is 0 Å². The number of methoxy groups -OCH3 is 1. The van der Waals surface area contributed by atoms with Gasteiger partial charge in [-0.3, -0.25) is 4.79 Å². The van der Waals surface area contributed by atoms with E-state index in [-0.39, 0.29) is 21.7 Å². The van der Waals surface area contributed by atoms with Gasteiger partial charge in [-0.25, -0.2) is 8.42 Å². The van der Waals surface area contributed by atoms with Crippen molar-refractivity contribution in [3.8, 4) is 5.75 Å². The molecule has 0 spiro atoms. The number of nitrogens with zero attached hydrogens (tertiary/aromatic N) is 2. The van der Waals surface area contributed by atoms with Crippen molar-refractivity contribution in [1.29, 1.82) is 0 Å². The Balaban J connectivity index is 1.29. The molecule has 0 unspecified atom stereocenters. The van der Waals surface area contributed by atoms with E-state index >= 15 is 0 Å². The molecule has 2 aliphatic heterocycles. The molecular weight excluding hydrogens is 462 g/mol. The number of carbonyl (C=O) groups excluding carboxylic acids is 1. The molecule has 0 saturated carbocycles. The lowest BCUT2D eigenvalue weighted by Crippen LogP contribution is -3.13. The van der Waals surface area contributed by atoms with Crippen molar-refractivity contribution in [2.24, 2.45) is 5.92 Å². The number of nitrogens with one attached hydrogen (secondary N) is 1. The van der Waals surface area contributed by atoms with Crippen LogP contribution in [0.5, 0.6) is 5.75 Å². The largest absolute Gasteiger partial charge is 0.495 e. The Labute approximate surface area is 200 Å². The maximum atomic E-state index is 13.1. The standard InChI is InChI=1S/C24H30ClN3O4S/c1-32-23-8-7-21(17-22(23)25)33(30,31)28-11-9-20(10-12-28)24(29)27-15-13-26(14-16-27)18-19-5-3-2-4-6-19/h2-8,17,20H,9-16,18H2,1H3/p+1. The number of rotatable bonds is 6. The summed E-state index contributed by atoms with van der Waals surface area (Å²) < 4.78 is 32.6. The van der Waals surface area contributed by atoms with Gasteiger partial charge >= 0.3 is 0 Å². The predicted octanol–water partition coefficient (Wildman–Crippen LogP) is 1.68. The topological polar surface area (TPSA) is 71.4 Å². The molecule has 33 heavy (non-hydrogen) atoms. The Morgan fingerprint density at radius 2 is 1.73 bits per heavy atom. The molecule has 2 fully saturated rings. The van der Waals surface area contributed by atoms with Gasteiger partial charge in [0.15, 0.2) is 0 Å². The monoisotopic (exact) mass is 492 g/mol. The van der Waals surface area contributed by atoms with Crippen molar-refractivity contribution in [2.45, 2.75) is 24.3 Å². The Kier molecular flexibility index (Phi) is 7.58. The van der Waals surface area contributed by atoms with Gasteiger partial charge in [-0.1, -0.05) is 41.9 Å². The van der Waals surface area contributed by atoms with Gasteiger partial charge in [0, 0.05) is 24.6 Å². The maximum Gasteiger partial charge on any atom is 0.243 e. The van der Waals surface area contributed by atoms with E-state index in [1.807, 2.05) is 11.0 Å². The van der Waals surface area contributed by atoms with Crippen LogP contribution >= 0.6 is 11.6 Å². The summed E-state index contributed by atoms with van der Waals surface area (Å²) in [5.74, 6) is 0.482. The molecule has 2 aromatic rings. The summed E-state index contributed by atoms with van der Waals surface area (Å²) in [6, 6.07) is 14.9. The molecule has 0 radical (unpaired) electrons. The Morgan fingerprint density at radius 3 is 2.33 bits per heavy atom. The van der Waals surface area contributed by atoms with Crippen molar-refractivity contribution < 1.29 is 22.8 Å². The highest BCUT2D eigenvalue weighted by molar-refractivity contribution is 7.89. The lowest BCUT2D eigenvalue weighted by molar-refractivity contribution is -0.917. The highest BCUT2D eigenvalue weighted by Gasteiger charge is 2.35. The zero-order valence-electron chi connectivity index (χ0n) is 18.9. The lowest BCUT2D eigenvalue weighted by atomic mass is 9.96. The van der Waals surface area contributed by atoms with E-state index in [0.29, 0.717) is 31.7 Å². The number of sulfonamides is 1. The van der Waals surface area contributed by atoms with Crippen LogP contribution in [0.3, 0.4) is 0 Å². The summed E-state index contributed by atoms with van der Waals surface area (Å²) >= 11 is 6.12. The number of piperidine rings is 1. The number of ether oxygens (including phenoxy) is 1. The molecule has 0 aromatic heterocycles. The predicted molar refractivity (Wildman–Crippen MR) is 127 cm³/mol. The first-order valence-electron chi connectivity index (χ1n) is 11.4. The third-order valence-corrected chi connectivity index (χ3v) is 8.83. The molecule has 0 bridgehead atoms. The molecule has 2 saturated heterocycles. The number of benzene rings is 2. The number of halogens is 1. The van der Waals surface area contributed by atoms with Crippen LogP contribution in [0.15, 0.2) is 53.4 Å². The van der Waals surface area contributed by atoms with Crippen molar-refractivity contribution in [3.05, 3.63) is 59.1 Å². The molecular formula is C24H31ClN3O4S+. The molecule has 178 valence electrons. The minimum atomic E-state index is -3.66. The fourth-order valence-corrected chi connectivity index (χ4v) is 6.48. The SMILES string of the molecule is COc1ccc(S(=O)(=O)N2CCC(C(=O)N3CC[NH+](Cc4ccccc4)CC3)CC2)cc1Cl. The third kappa shape index (κ3) is 5.51. The summed E-state index contributed by atoms with van der Waals surface area (Å²) in [6.07, 6.45) is 1.08. The zero-order chi connectivity index (χ0) is 23.4. The van der Waals surface area contributed by atoms with Crippen LogP contribution < -0.4 is 9.64 Å². The number of hydrogen-bond donors (Lipinski definition) is 1. The molecule has 2 aromatic carbocycles. The van der Waals surface area contributed by atoms with Crippen LogP contribution in [0.25, 0.3) is 0 Å². The number of carbonyl (C=O) groups is 1. The first kappa shape index (κ1) is 24.0. The summed E-state index contributed by atoms with van der Waals surface area (Å²) in [5.41, 5.74) is 1.32. The van der Waals surface area contributed by atoms with Crippen molar-refractivity contribution in [1.82, 2.24) is 9.21 Å². The highest BCUT2D eigenvalue weighted by Crippen LogP contribution is 2.30. The van der Waals surface area contributed by atoms with E-state index in [2.05, 4.69) is 24.3 Å². The normalized spacial score (nSPS) is 18.9. The average Bonchev–Trinajstić information content (AvgIpc) is 2.85. The van der Waals surface area contributed by atoms with Gasteiger partial charge in [-0.05, 0) is 31.0 Å². The van der Waals surface area contributed by atoms with Crippen LogP contribution in [0, 0.1) is 5.92 Å². The van der Waals surface area contributed by atoms with Crippen LogP contribution in [-0.4, -0.2) is 69.9 Å². The lowest BCUT2D eigenvalue weighted by Gasteiger charge is -2.36. The van der Waals surface area contributed by atoms with E-state index in [9.17, 15) is 13.2 Å². The molecule has 2 heterocycles. The van der Waals surface area contributed by atoms with Crippen molar-refractivity contribution in [3.63, 3.8) is 0 Å². The molecule has 7 nitrogen and oxygen atoms in total. The number of quaternary nitrogens is 1. The fourth-order valence-electron chi connectivity index (χ4n) is 4.66. The van der Waals surface area contributed by atoms with E-state index in [4.69, 9.17) is 16.3 Å². The first-order valence-corrected chi connectivity index (χ1v) is 13.2. The molecule has 0 atom stereocenters. The zero-order valence-corrected chi connectivity index (χ0v) is 20.4. The van der Waals surface area contributed by atoms with Crippen LogP contribution in [0.2, 0.25) is 5.02 Å². The van der Waals surface area contributed by atoms with Crippen LogP contribution in [0.1, 0.15) is 18.4 Å². The van der Waals surface area contributed by atoms with Gasteiger partial charge in [-0.2, -0.15) is 4.31 Å². The van der Waals surface area contributed by atoms with Crippen LogP contribution in [-0.2, 0) is 21.4 Å². The van der Waals surface area contributed by atoms with E-state index in [0.717, 1.165) is 32.7 Å². The fraction of sp³-hybridized carbons (Fsp3) is 0.458. The second-order valence-corrected chi connectivity index (χ2v) is 11.1. The molecule has 0 aliphatic carbocycles. The summed E-state index contributed by atoms with van der Waals surface area (Å²) in [4.78, 5) is 16.7. The van der Waals surface area contributed by atoms with E-state index in [1.165, 1.54) is 34.0 Å². The highest BCUT2D eigenvalue weighted by atomic mass is 35.5. The van der Waals surface area contributed by atoms with Gasteiger partial charge in [-0.15, -0.1) is 0 Å². The third-order valence-electron chi connectivity index (χ3n) is 6.64. The first-order chi connectivity index (χ1) is 15.9. The molecule has 1 N–H and O–H groups in total. The number of amides is 1. The molecule has 4 rings (SSSR count). The smallest absolute Gasteiger partial charge is 0.243 e. The summed E-state index contributed by atoms with van der Waals surface area (Å²) in [5, 5.41) is 0.261. The molecule has 9 heteroatoms. The Hall–Kier alpha value is -2.13. The molecule has 2 aliphatic rings. The summed E-state index contributed by atoms with van der Waals surface area (Å²) in [7, 11) is -2.17. The Morgan fingerprint density at radius 1 is 1.06 bits per heavy atom. The van der Waals surface area contributed by atoms with Crippen molar-refractivity contribution >= 4 is 27.5 Å². The van der Waals surface area contributed by atoms with Gasteiger partial charge < -0.3 is 14.5 Å². The van der Waals surface area contributed by atoms with Gasteiger partial charge in [0.1, 0.15) is 12.3 Å². The minimum absolute atomic E-state index is 0.119. The van der Waals surface area contributed by atoms with E-state index < -0.39 is 10.0 Å². The van der Waals surface area contributed by atoms with Gasteiger partial charge in [0.25, 0.3) is 0 Å². The number of piperazine rings is 1. The second kappa shape index (κ2) is 10.4.